The first-order valence-corrected chi connectivity index (χ1v) is 7.03. The molecule has 2 N–H and O–H groups in total. The first-order chi connectivity index (χ1) is 9.70. The standard InChI is InChI=1S/C15H13Cl2NO2/c16-12-5-1-3-10(14(12)17)11-4-2-6-13-15(11)20-9(7-18)8-19-13/h1-6,9H,7-8,18H2. The molecule has 0 saturated heterocycles. The second-order valence-electron chi connectivity index (χ2n) is 4.52. The van der Waals surface area contributed by atoms with Gasteiger partial charge in [-0.1, -0.05) is 47.5 Å². The van der Waals surface area contributed by atoms with Crippen molar-refractivity contribution in [1.82, 2.24) is 0 Å². The Balaban J connectivity index is 2.13. The summed E-state index contributed by atoms with van der Waals surface area (Å²) < 4.78 is 11.6. The summed E-state index contributed by atoms with van der Waals surface area (Å²) in [7, 11) is 0. The lowest BCUT2D eigenvalue weighted by Crippen LogP contribution is -2.35. The van der Waals surface area contributed by atoms with Crippen molar-refractivity contribution in [2.75, 3.05) is 13.2 Å². The second kappa shape index (κ2) is 5.52. The zero-order valence-electron chi connectivity index (χ0n) is 10.6. The lowest BCUT2D eigenvalue weighted by atomic mass is 10.0. The highest BCUT2D eigenvalue weighted by Crippen LogP contribution is 2.44. The van der Waals surface area contributed by atoms with E-state index < -0.39 is 0 Å². The van der Waals surface area contributed by atoms with E-state index in [-0.39, 0.29) is 6.10 Å². The minimum atomic E-state index is -0.151. The second-order valence-corrected chi connectivity index (χ2v) is 5.31. The van der Waals surface area contributed by atoms with Crippen LogP contribution in [-0.2, 0) is 0 Å². The summed E-state index contributed by atoms with van der Waals surface area (Å²) in [6.45, 7) is 0.854. The molecule has 0 amide bonds. The Kier molecular flexibility index (Phi) is 3.74. The molecule has 0 fully saturated rings. The minimum Gasteiger partial charge on any atom is -0.486 e. The third-order valence-electron chi connectivity index (χ3n) is 3.19. The van der Waals surface area contributed by atoms with Gasteiger partial charge in [0.05, 0.1) is 10.0 Å². The molecule has 1 aliphatic heterocycles. The highest BCUT2D eigenvalue weighted by atomic mass is 35.5. The molecule has 0 aliphatic carbocycles. The third kappa shape index (κ3) is 2.33. The fourth-order valence-electron chi connectivity index (χ4n) is 2.17. The number of halogens is 2. The smallest absolute Gasteiger partial charge is 0.169 e. The molecule has 3 rings (SSSR count). The van der Waals surface area contributed by atoms with Crippen LogP contribution in [0.1, 0.15) is 0 Å². The maximum Gasteiger partial charge on any atom is 0.169 e. The highest BCUT2D eigenvalue weighted by molar-refractivity contribution is 6.43. The summed E-state index contributed by atoms with van der Waals surface area (Å²) in [5.74, 6) is 1.36. The summed E-state index contributed by atoms with van der Waals surface area (Å²) >= 11 is 12.4. The van der Waals surface area contributed by atoms with E-state index in [4.69, 9.17) is 38.4 Å². The number of ether oxygens (including phenoxy) is 2. The van der Waals surface area contributed by atoms with E-state index in [2.05, 4.69) is 0 Å². The Labute approximate surface area is 127 Å². The summed E-state index contributed by atoms with van der Waals surface area (Å²) in [5, 5.41) is 1.01. The third-order valence-corrected chi connectivity index (χ3v) is 4.01. The van der Waals surface area contributed by atoms with Crippen LogP contribution in [0.5, 0.6) is 11.5 Å². The molecule has 3 nitrogen and oxygen atoms in total. The van der Waals surface area contributed by atoms with Gasteiger partial charge in [0, 0.05) is 17.7 Å². The first kappa shape index (κ1) is 13.6. The maximum absolute atomic E-state index is 6.29. The zero-order valence-corrected chi connectivity index (χ0v) is 12.1. The molecule has 1 unspecified atom stereocenters. The van der Waals surface area contributed by atoms with Crippen molar-refractivity contribution in [3.05, 3.63) is 46.4 Å². The number of hydrogen-bond donors (Lipinski definition) is 1. The molecule has 1 atom stereocenters. The van der Waals surface area contributed by atoms with Gasteiger partial charge in [-0.3, -0.25) is 0 Å². The molecular weight excluding hydrogens is 297 g/mol. The van der Waals surface area contributed by atoms with Gasteiger partial charge in [-0.25, -0.2) is 0 Å². The van der Waals surface area contributed by atoms with E-state index in [1.165, 1.54) is 0 Å². The van der Waals surface area contributed by atoms with Gasteiger partial charge in [0.15, 0.2) is 11.5 Å². The van der Waals surface area contributed by atoms with E-state index in [1.807, 2.05) is 30.3 Å². The van der Waals surface area contributed by atoms with E-state index in [9.17, 15) is 0 Å². The lowest BCUT2D eigenvalue weighted by Gasteiger charge is -2.27. The van der Waals surface area contributed by atoms with Crippen LogP contribution in [-0.4, -0.2) is 19.3 Å². The van der Waals surface area contributed by atoms with Crippen LogP contribution in [0.25, 0.3) is 11.1 Å². The van der Waals surface area contributed by atoms with Crippen molar-refractivity contribution in [2.45, 2.75) is 6.10 Å². The molecule has 1 aliphatic rings. The number of rotatable bonds is 2. The lowest BCUT2D eigenvalue weighted by molar-refractivity contribution is 0.0976. The average molecular weight is 310 g/mol. The van der Waals surface area contributed by atoms with Crippen molar-refractivity contribution in [2.24, 2.45) is 5.73 Å². The number of fused-ring (bicyclic) bond motifs is 1. The minimum absolute atomic E-state index is 0.151. The Bertz CT molecular complexity index is 646. The van der Waals surface area contributed by atoms with Crippen LogP contribution in [0.15, 0.2) is 36.4 Å². The SMILES string of the molecule is NCC1COc2cccc(-c3cccc(Cl)c3Cl)c2O1. The molecule has 0 radical (unpaired) electrons. The Morgan fingerprint density at radius 2 is 1.85 bits per heavy atom. The molecule has 104 valence electrons. The number of hydrogen-bond acceptors (Lipinski definition) is 3. The predicted molar refractivity (Wildman–Crippen MR) is 80.9 cm³/mol. The highest BCUT2D eigenvalue weighted by Gasteiger charge is 2.24. The average Bonchev–Trinajstić information content (AvgIpc) is 2.49. The van der Waals surface area contributed by atoms with E-state index in [0.717, 1.165) is 11.1 Å². The summed E-state index contributed by atoms with van der Waals surface area (Å²) in [4.78, 5) is 0. The molecule has 1 heterocycles. The molecule has 0 spiro atoms. The molecule has 2 aromatic carbocycles. The van der Waals surface area contributed by atoms with Gasteiger partial charge in [0.1, 0.15) is 12.7 Å². The predicted octanol–water partition coefficient (Wildman–Crippen LogP) is 3.76. The van der Waals surface area contributed by atoms with Crippen molar-refractivity contribution in [3.63, 3.8) is 0 Å². The van der Waals surface area contributed by atoms with E-state index in [1.54, 1.807) is 6.07 Å². The molecule has 20 heavy (non-hydrogen) atoms. The normalized spacial score (nSPS) is 17.1. The molecule has 0 bridgehead atoms. The van der Waals surface area contributed by atoms with Crippen LogP contribution in [0.2, 0.25) is 10.0 Å². The number of benzene rings is 2. The maximum atomic E-state index is 6.29. The van der Waals surface area contributed by atoms with Crippen molar-refractivity contribution in [1.29, 1.82) is 0 Å². The molecular formula is C15H13Cl2NO2. The van der Waals surface area contributed by atoms with Gasteiger partial charge in [-0.05, 0) is 12.1 Å². The van der Waals surface area contributed by atoms with Gasteiger partial charge in [-0.2, -0.15) is 0 Å². The fraction of sp³-hybridized carbons (Fsp3) is 0.200. The van der Waals surface area contributed by atoms with E-state index in [0.29, 0.717) is 34.7 Å². The van der Waals surface area contributed by atoms with Gasteiger partial charge < -0.3 is 15.2 Å². The van der Waals surface area contributed by atoms with E-state index >= 15 is 0 Å². The summed E-state index contributed by atoms with van der Waals surface area (Å²) in [6.07, 6.45) is -0.151. The van der Waals surface area contributed by atoms with Crippen LogP contribution < -0.4 is 15.2 Å². The van der Waals surface area contributed by atoms with Crippen LogP contribution in [0.3, 0.4) is 0 Å². The molecule has 5 heteroatoms. The van der Waals surface area contributed by atoms with Crippen molar-refractivity contribution < 1.29 is 9.47 Å². The van der Waals surface area contributed by atoms with Crippen molar-refractivity contribution >= 4 is 23.2 Å². The monoisotopic (exact) mass is 309 g/mol. The van der Waals surface area contributed by atoms with Gasteiger partial charge in [-0.15, -0.1) is 0 Å². The van der Waals surface area contributed by atoms with Crippen LogP contribution in [0.4, 0.5) is 0 Å². The van der Waals surface area contributed by atoms with Crippen LogP contribution in [0, 0.1) is 0 Å². The van der Waals surface area contributed by atoms with Gasteiger partial charge >= 0.3 is 0 Å². The fourth-order valence-corrected chi connectivity index (χ4v) is 2.58. The van der Waals surface area contributed by atoms with Gasteiger partial charge in [0.25, 0.3) is 0 Å². The summed E-state index contributed by atoms with van der Waals surface area (Å²) in [5.41, 5.74) is 7.32. The molecule has 2 aromatic rings. The first-order valence-electron chi connectivity index (χ1n) is 6.27. The zero-order chi connectivity index (χ0) is 14.1. The summed E-state index contributed by atoms with van der Waals surface area (Å²) in [6, 6.07) is 11.2. The number of para-hydroxylation sites is 1. The number of nitrogens with two attached hydrogens (primary N) is 1. The Morgan fingerprint density at radius 1 is 1.10 bits per heavy atom. The molecule has 0 aromatic heterocycles. The topological polar surface area (TPSA) is 44.5 Å². The molecule has 0 saturated carbocycles. The Hall–Kier alpha value is -1.42. The van der Waals surface area contributed by atoms with Gasteiger partial charge in [0.2, 0.25) is 0 Å². The van der Waals surface area contributed by atoms with Crippen molar-refractivity contribution in [3.8, 4) is 22.6 Å². The largest absolute Gasteiger partial charge is 0.486 e. The quantitative estimate of drug-likeness (QED) is 0.918. The van der Waals surface area contributed by atoms with Crippen LogP contribution >= 0.6 is 23.2 Å². The Morgan fingerprint density at radius 3 is 2.65 bits per heavy atom.